The summed E-state index contributed by atoms with van der Waals surface area (Å²) in [5.74, 6) is -1.03. The molecule has 0 saturated heterocycles. The molecular formula is C15H20N2O3. The average Bonchev–Trinajstić information content (AvgIpc) is 2.77. The molecule has 0 aromatic heterocycles. The van der Waals surface area contributed by atoms with Gasteiger partial charge in [0.25, 0.3) is 0 Å². The van der Waals surface area contributed by atoms with E-state index in [9.17, 15) is 9.59 Å². The van der Waals surface area contributed by atoms with Crippen LogP contribution in [0.15, 0.2) is 24.3 Å². The molecule has 1 aliphatic rings. The molecule has 1 aliphatic heterocycles. The summed E-state index contributed by atoms with van der Waals surface area (Å²) in [4.78, 5) is 25.2. The fourth-order valence-electron chi connectivity index (χ4n) is 2.75. The highest BCUT2D eigenvalue weighted by Gasteiger charge is 2.34. The second-order valence-corrected chi connectivity index (χ2v) is 5.26. The minimum Gasteiger partial charge on any atom is -0.481 e. The van der Waals surface area contributed by atoms with Crippen molar-refractivity contribution in [3.63, 3.8) is 0 Å². The van der Waals surface area contributed by atoms with E-state index in [1.807, 2.05) is 38.2 Å². The van der Waals surface area contributed by atoms with Gasteiger partial charge in [0.15, 0.2) is 0 Å². The van der Waals surface area contributed by atoms with E-state index in [4.69, 9.17) is 5.11 Å². The number of nitrogens with zero attached hydrogens (tertiary/aromatic N) is 1. The molecule has 1 heterocycles. The van der Waals surface area contributed by atoms with E-state index in [1.165, 1.54) is 0 Å². The highest BCUT2D eigenvalue weighted by atomic mass is 16.4. The first-order valence-corrected chi connectivity index (χ1v) is 6.81. The van der Waals surface area contributed by atoms with Crippen molar-refractivity contribution in [1.29, 1.82) is 0 Å². The molecule has 2 N–H and O–H groups in total. The summed E-state index contributed by atoms with van der Waals surface area (Å²) >= 11 is 0. The molecule has 2 unspecified atom stereocenters. The number of benzene rings is 1. The largest absolute Gasteiger partial charge is 0.481 e. The quantitative estimate of drug-likeness (QED) is 0.854. The van der Waals surface area contributed by atoms with Crippen molar-refractivity contribution in [3.05, 3.63) is 29.8 Å². The second kappa shape index (κ2) is 6.05. The van der Waals surface area contributed by atoms with Crippen LogP contribution >= 0.6 is 0 Å². The van der Waals surface area contributed by atoms with Gasteiger partial charge in [-0.15, -0.1) is 0 Å². The minimum absolute atomic E-state index is 0.0414. The lowest BCUT2D eigenvalue weighted by Gasteiger charge is -2.22. The number of para-hydroxylation sites is 1. The van der Waals surface area contributed by atoms with Crippen LogP contribution < -0.4 is 10.2 Å². The van der Waals surface area contributed by atoms with Gasteiger partial charge in [0.2, 0.25) is 5.91 Å². The standard InChI is InChI=1S/C15H20N2O3/c1-10(8-16-2)15(20)17-9-11(7-14(18)19)12-5-3-4-6-13(12)17/h3-6,10-11,16H,7-9H2,1-2H3,(H,18,19). The van der Waals surface area contributed by atoms with Crippen LogP contribution in [0.4, 0.5) is 5.69 Å². The Bertz CT molecular complexity index is 516. The van der Waals surface area contributed by atoms with E-state index < -0.39 is 5.97 Å². The maximum Gasteiger partial charge on any atom is 0.304 e. The first-order valence-electron chi connectivity index (χ1n) is 6.81. The number of amides is 1. The van der Waals surface area contributed by atoms with Crippen molar-refractivity contribution in [3.8, 4) is 0 Å². The summed E-state index contributed by atoms with van der Waals surface area (Å²) in [6.45, 7) is 2.95. The van der Waals surface area contributed by atoms with Gasteiger partial charge in [-0.2, -0.15) is 0 Å². The molecule has 0 aliphatic carbocycles. The predicted molar refractivity (Wildman–Crippen MR) is 76.9 cm³/mol. The smallest absolute Gasteiger partial charge is 0.304 e. The molecule has 5 nitrogen and oxygen atoms in total. The predicted octanol–water partition coefficient (Wildman–Crippen LogP) is 1.45. The average molecular weight is 276 g/mol. The number of aliphatic carboxylic acids is 1. The monoisotopic (exact) mass is 276 g/mol. The SMILES string of the molecule is CNCC(C)C(=O)N1CC(CC(=O)O)c2ccccc21. The van der Waals surface area contributed by atoms with Gasteiger partial charge < -0.3 is 15.3 Å². The third-order valence-corrected chi connectivity index (χ3v) is 3.69. The van der Waals surface area contributed by atoms with E-state index in [0.29, 0.717) is 13.1 Å². The van der Waals surface area contributed by atoms with Gasteiger partial charge in [0, 0.05) is 30.6 Å². The molecule has 0 spiro atoms. The maximum atomic E-state index is 12.5. The lowest BCUT2D eigenvalue weighted by Crippen LogP contribution is -2.38. The van der Waals surface area contributed by atoms with Crippen molar-refractivity contribution < 1.29 is 14.7 Å². The van der Waals surface area contributed by atoms with Crippen LogP contribution in [0.3, 0.4) is 0 Å². The number of carboxylic acids is 1. The number of hydrogen-bond acceptors (Lipinski definition) is 3. The van der Waals surface area contributed by atoms with Crippen LogP contribution in [0.1, 0.15) is 24.8 Å². The molecule has 1 aromatic rings. The first-order chi connectivity index (χ1) is 9.54. The number of hydrogen-bond donors (Lipinski definition) is 2. The van der Waals surface area contributed by atoms with Crippen molar-refractivity contribution in [2.45, 2.75) is 19.3 Å². The zero-order valence-electron chi connectivity index (χ0n) is 11.8. The number of rotatable bonds is 5. The Balaban J connectivity index is 2.24. The van der Waals surface area contributed by atoms with E-state index in [-0.39, 0.29) is 24.2 Å². The van der Waals surface area contributed by atoms with Crippen LogP contribution in [-0.2, 0) is 9.59 Å². The third-order valence-electron chi connectivity index (χ3n) is 3.69. The summed E-state index contributed by atoms with van der Waals surface area (Å²) in [7, 11) is 1.81. The zero-order chi connectivity index (χ0) is 14.7. The number of fused-ring (bicyclic) bond motifs is 1. The summed E-state index contributed by atoms with van der Waals surface area (Å²) in [5.41, 5.74) is 1.81. The Morgan fingerprint density at radius 3 is 2.80 bits per heavy atom. The van der Waals surface area contributed by atoms with E-state index in [0.717, 1.165) is 11.3 Å². The van der Waals surface area contributed by atoms with Gasteiger partial charge in [-0.25, -0.2) is 0 Å². The summed E-state index contributed by atoms with van der Waals surface area (Å²) in [6.07, 6.45) is 0.0567. The fourth-order valence-corrected chi connectivity index (χ4v) is 2.75. The van der Waals surface area contributed by atoms with E-state index in [2.05, 4.69) is 5.32 Å². The summed E-state index contributed by atoms with van der Waals surface area (Å²) in [6, 6.07) is 7.57. The molecule has 20 heavy (non-hydrogen) atoms. The number of carboxylic acid groups (broad SMARTS) is 1. The normalized spacial score (nSPS) is 18.7. The van der Waals surface area contributed by atoms with E-state index in [1.54, 1.807) is 4.90 Å². The molecular weight excluding hydrogens is 256 g/mol. The lowest BCUT2D eigenvalue weighted by molar-refractivity contribution is -0.137. The Kier molecular flexibility index (Phi) is 4.39. The van der Waals surface area contributed by atoms with Gasteiger partial charge in [-0.3, -0.25) is 9.59 Å². The van der Waals surface area contributed by atoms with Crippen molar-refractivity contribution >= 4 is 17.6 Å². The Morgan fingerprint density at radius 1 is 1.45 bits per heavy atom. The molecule has 0 fully saturated rings. The van der Waals surface area contributed by atoms with Crippen molar-refractivity contribution in [2.24, 2.45) is 5.92 Å². The summed E-state index contributed by atoms with van der Waals surface area (Å²) < 4.78 is 0. The van der Waals surface area contributed by atoms with Gasteiger partial charge in [0.1, 0.15) is 0 Å². The molecule has 2 rings (SSSR count). The highest BCUT2D eigenvalue weighted by Crippen LogP contribution is 2.38. The third kappa shape index (κ3) is 2.82. The molecule has 2 atom stereocenters. The molecule has 0 radical (unpaired) electrons. The Hall–Kier alpha value is -1.88. The maximum absolute atomic E-state index is 12.5. The van der Waals surface area contributed by atoms with E-state index >= 15 is 0 Å². The van der Waals surface area contributed by atoms with Crippen LogP contribution in [0.5, 0.6) is 0 Å². The van der Waals surface area contributed by atoms with Crippen LogP contribution in [0.25, 0.3) is 0 Å². The fraction of sp³-hybridized carbons (Fsp3) is 0.467. The summed E-state index contributed by atoms with van der Waals surface area (Å²) in [5, 5.41) is 12.0. The zero-order valence-corrected chi connectivity index (χ0v) is 11.8. The lowest BCUT2D eigenvalue weighted by atomic mass is 9.98. The van der Waals surface area contributed by atoms with Crippen LogP contribution in [-0.4, -0.2) is 37.1 Å². The number of carbonyl (C=O) groups excluding carboxylic acids is 1. The van der Waals surface area contributed by atoms with Gasteiger partial charge in [-0.1, -0.05) is 25.1 Å². The molecule has 5 heteroatoms. The van der Waals surface area contributed by atoms with Gasteiger partial charge >= 0.3 is 5.97 Å². The minimum atomic E-state index is -0.831. The second-order valence-electron chi connectivity index (χ2n) is 5.26. The highest BCUT2D eigenvalue weighted by molar-refractivity contribution is 5.97. The van der Waals surface area contributed by atoms with Crippen LogP contribution in [0.2, 0.25) is 0 Å². The molecule has 0 saturated carbocycles. The van der Waals surface area contributed by atoms with Crippen molar-refractivity contribution in [1.82, 2.24) is 5.32 Å². The molecule has 1 amide bonds. The van der Waals surface area contributed by atoms with Gasteiger partial charge in [-0.05, 0) is 18.7 Å². The molecule has 108 valence electrons. The van der Waals surface area contributed by atoms with Crippen LogP contribution in [0, 0.1) is 5.92 Å². The van der Waals surface area contributed by atoms with Gasteiger partial charge in [0.05, 0.1) is 6.42 Å². The Labute approximate surface area is 118 Å². The Morgan fingerprint density at radius 2 is 2.15 bits per heavy atom. The molecule has 0 bridgehead atoms. The molecule has 1 aromatic carbocycles. The number of anilines is 1. The topological polar surface area (TPSA) is 69.6 Å². The first kappa shape index (κ1) is 14.5. The number of nitrogens with one attached hydrogen (secondary N) is 1. The van der Waals surface area contributed by atoms with Crippen molar-refractivity contribution in [2.75, 3.05) is 25.0 Å². The number of carbonyl (C=O) groups is 2.